The van der Waals surface area contributed by atoms with Crippen molar-refractivity contribution in [1.82, 2.24) is 19.4 Å². The maximum Gasteiger partial charge on any atom is 0.410 e. The Morgan fingerprint density at radius 1 is 1.16 bits per heavy atom. The lowest BCUT2D eigenvalue weighted by atomic mass is 10.1. The molecule has 1 aromatic heterocycles. The van der Waals surface area contributed by atoms with Gasteiger partial charge in [-0.05, 0) is 44.9 Å². The number of hydrogen-bond donors (Lipinski definition) is 1. The third-order valence-corrected chi connectivity index (χ3v) is 5.29. The summed E-state index contributed by atoms with van der Waals surface area (Å²) in [4.78, 5) is 32.8. The van der Waals surface area contributed by atoms with Gasteiger partial charge in [0.2, 0.25) is 5.75 Å². The van der Waals surface area contributed by atoms with Gasteiger partial charge in [0.1, 0.15) is 11.3 Å². The standard InChI is InChI=1S/C22H29ClN4O4/c1-22(2,3)31-21(30)26-12-10-25(11-13-26)14-18-19(28)20(29)27(15-24-18)9-8-16-4-6-17(23)7-5-16/h4-7,15,28H,8-14H2,1-3H3. The second kappa shape index (κ2) is 9.70. The number of aromatic hydroxyl groups is 1. The Hall–Kier alpha value is -2.58. The molecule has 31 heavy (non-hydrogen) atoms. The number of rotatable bonds is 5. The fraction of sp³-hybridized carbons (Fsp3) is 0.500. The topological polar surface area (TPSA) is 87.9 Å². The molecule has 0 unspecified atom stereocenters. The molecule has 1 aliphatic heterocycles. The number of aromatic nitrogens is 2. The van der Waals surface area contributed by atoms with E-state index in [-0.39, 0.29) is 11.8 Å². The number of amides is 1. The highest BCUT2D eigenvalue weighted by Gasteiger charge is 2.26. The molecule has 1 N–H and O–H groups in total. The lowest BCUT2D eigenvalue weighted by molar-refractivity contribution is 0.0137. The van der Waals surface area contributed by atoms with E-state index in [1.807, 2.05) is 32.9 Å². The summed E-state index contributed by atoms with van der Waals surface area (Å²) in [5.74, 6) is -0.326. The number of carbonyl (C=O) groups excluding carboxylic acids is 1. The SMILES string of the molecule is CC(C)(C)OC(=O)N1CCN(Cc2ncn(CCc3ccc(Cl)cc3)c(=O)c2O)CC1. The van der Waals surface area contributed by atoms with Crippen molar-refractivity contribution in [2.24, 2.45) is 0 Å². The molecule has 2 aromatic rings. The summed E-state index contributed by atoms with van der Waals surface area (Å²) in [6.45, 7) is 8.55. The van der Waals surface area contributed by atoms with Gasteiger partial charge in [0.25, 0.3) is 5.56 Å². The Morgan fingerprint density at radius 3 is 2.42 bits per heavy atom. The van der Waals surface area contributed by atoms with Crippen molar-refractivity contribution in [3.63, 3.8) is 0 Å². The van der Waals surface area contributed by atoms with Crippen LogP contribution in [0.25, 0.3) is 0 Å². The molecule has 9 heteroatoms. The molecule has 1 aromatic carbocycles. The maximum atomic E-state index is 12.5. The predicted octanol–water partition coefficient (Wildman–Crippen LogP) is 2.90. The van der Waals surface area contributed by atoms with Gasteiger partial charge in [0.15, 0.2) is 0 Å². The Kier molecular flexibility index (Phi) is 7.23. The number of piperazine rings is 1. The number of aryl methyl sites for hydroxylation is 2. The fourth-order valence-corrected chi connectivity index (χ4v) is 3.44. The summed E-state index contributed by atoms with van der Waals surface area (Å²) >= 11 is 5.89. The largest absolute Gasteiger partial charge is 0.502 e. The first kappa shape index (κ1) is 23.1. The quantitative estimate of drug-likeness (QED) is 0.756. The molecule has 2 heterocycles. The highest BCUT2D eigenvalue weighted by Crippen LogP contribution is 2.16. The van der Waals surface area contributed by atoms with Crippen LogP contribution >= 0.6 is 11.6 Å². The van der Waals surface area contributed by atoms with Gasteiger partial charge in [-0.3, -0.25) is 14.3 Å². The molecular weight excluding hydrogens is 420 g/mol. The van der Waals surface area contributed by atoms with Crippen molar-refractivity contribution in [2.45, 2.75) is 45.9 Å². The Labute approximate surface area is 187 Å². The van der Waals surface area contributed by atoms with Crippen LogP contribution in [0.2, 0.25) is 5.02 Å². The van der Waals surface area contributed by atoms with Crippen LogP contribution in [-0.2, 0) is 24.2 Å². The normalized spacial score (nSPS) is 15.2. The highest BCUT2D eigenvalue weighted by atomic mass is 35.5. The van der Waals surface area contributed by atoms with Crippen molar-refractivity contribution >= 4 is 17.7 Å². The van der Waals surface area contributed by atoms with E-state index in [1.54, 1.807) is 17.0 Å². The molecular formula is C22H29ClN4O4. The fourth-order valence-electron chi connectivity index (χ4n) is 3.31. The minimum Gasteiger partial charge on any atom is -0.502 e. The molecule has 1 fully saturated rings. The van der Waals surface area contributed by atoms with E-state index in [9.17, 15) is 14.7 Å². The molecule has 168 valence electrons. The molecule has 1 saturated heterocycles. The van der Waals surface area contributed by atoms with E-state index in [4.69, 9.17) is 16.3 Å². The molecule has 8 nitrogen and oxygen atoms in total. The summed E-state index contributed by atoms with van der Waals surface area (Å²) in [5.41, 5.74) is 0.411. The van der Waals surface area contributed by atoms with E-state index in [1.165, 1.54) is 10.9 Å². The van der Waals surface area contributed by atoms with Gasteiger partial charge in [-0.15, -0.1) is 0 Å². The lowest BCUT2D eigenvalue weighted by Crippen LogP contribution is -2.49. The first-order valence-electron chi connectivity index (χ1n) is 10.3. The van der Waals surface area contributed by atoms with Crippen LogP contribution in [0, 0.1) is 0 Å². The van der Waals surface area contributed by atoms with Crippen LogP contribution in [0.15, 0.2) is 35.4 Å². The van der Waals surface area contributed by atoms with Crippen LogP contribution in [0.1, 0.15) is 32.0 Å². The van der Waals surface area contributed by atoms with Gasteiger partial charge in [0, 0.05) is 44.3 Å². The van der Waals surface area contributed by atoms with Crippen LogP contribution in [0.3, 0.4) is 0 Å². The Bertz CT molecular complexity index is 961. The molecule has 0 saturated carbocycles. The number of nitrogens with zero attached hydrogens (tertiary/aromatic N) is 4. The van der Waals surface area contributed by atoms with E-state index in [0.717, 1.165) is 5.56 Å². The second-order valence-electron chi connectivity index (χ2n) is 8.66. The van der Waals surface area contributed by atoms with Crippen molar-refractivity contribution in [3.8, 4) is 5.75 Å². The van der Waals surface area contributed by atoms with Gasteiger partial charge in [0.05, 0.1) is 6.33 Å². The smallest absolute Gasteiger partial charge is 0.410 e. The van der Waals surface area contributed by atoms with E-state index < -0.39 is 11.2 Å². The number of carbonyl (C=O) groups is 1. The van der Waals surface area contributed by atoms with Gasteiger partial charge in [-0.2, -0.15) is 0 Å². The molecule has 0 aliphatic carbocycles. The molecule has 0 bridgehead atoms. The third-order valence-electron chi connectivity index (χ3n) is 5.04. The molecule has 1 amide bonds. The van der Waals surface area contributed by atoms with Crippen molar-refractivity contribution in [3.05, 3.63) is 57.2 Å². The zero-order valence-electron chi connectivity index (χ0n) is 18.2. The first-order valence-corrected chi connectivity index (χ1v) is 10.7. The summed E-state index contributed by atoms with van der Waals surface area (Å²) in [5, 5.41) is 11.0. The molecule has 0 atom stereocenters. The van der Waals surface area contributed by atoms with Crippen LogP contribution in [0.5, 0.6) is 5.75 Å². The Balaban J connectivity index is 1.55. The minimum atomic E-state index is -0.526. The monoisotopic (exact) mass is 448 g/mol. The highest BCUT2D eigenvalue weighted by molar-refractivity contribution is 6.30. The number of ether oxygens (including phenoxy) is 1. The summed E-state index contributed by atoms with van der Waals surface area (Å²) < 4.78 is 6.82. The summed E-state index contributed by atoms with van der Waals surface area (Å²) in [6, 6.07) is 7.43. The van der Waals surface area contributed by atoms with Crippen LogP contribution in [-0.4, -0.2) is 62.3 Å². The average Bonchev–Trinajstić information content (AvgIpc) is 2.71. The van der Waals surface area contributed by atoms with Gasteiger partial charge in [-0.1, -0.05) is 23.7 Å². The predicted molar refractivity (Wildman–Crippen MR) is 118 cm³/mol. The summed E-state index contributed by atoms with van der Waals surface area (Å²) in [6.07, 6.45) is 1.78. The zero-order valence-corrected chi connectivity index (χ0v) is 18.9. The molecule has 0 radical (unpaired) electrons. The lowest BCUT2D eigenvalue weighted by Gasteiger charge is -2.35. The van der Waals surface area contributed by atoms with Gasteiger partial charge >= 0.3 is 6.09 Å². The van der Waals surface area contributed by atoms with Crippen LogP contribution in [0.4, 0.5) is 4.79 Å². The summed E-state index contributed by atoms with van der Waals surface area (Å²) in [7, 11) is 0. The van der Waals surface area contributed by atoms with E-state index in [0.29, 0.717) is 56.4 Å². The third kappa shape index (κ3) is 6.45. The average molecular weight is 449 g/mol. The van der Waals surface area contributed by atoms with E-state index in [2.05, 4.69) is 9.88 Å². The minimum absolute atomic E-state index is 0.323. The van der Waals surface area contributed by atoms with Crippen LogP contribution < -0.4 is 5.56 Å². The second-order valence-corrected chi connectivity index (χ2v) is 9.09. The zero-order chi connectivity index (χ0) is 22.6. The maximum absolute atomic E-state index is 12.5. The van der Waals surface area contributed by atoms with Crippen molar-refractivity contribution < 1.29 is 14.6 Å². The van der Waals surface area contributed by atoms with E-state index >= 15 is 0 Å². The molecule has 3 rings (SSSR count). The van der Waals surface area contributed by atoms with Crippen molar-refractivity contribution in [2.75, 3.05) is 26.2 Å². The number of benzene rings is 1. The molecule has 0 spiro atoms. The number of hydrogen-bond acceptors (Lipinski definition) is 6. The van der Waals surface area contributed by atoms with Gasteiger partial charge < -0.3 is 14.7 Å². The van der Waals surface area contributed by atoms with Gasteiger partial charge in [-0.25, -0.2) is 9.78 Å². The number of halogens is 1. The Morgan fingerprint density at radius 2 is 1.81 bits per heavy atom. The van der Waals surface area contributed by atoms with Crippen molar-refractivity contribution in [1.29, 1.82) is 0 Å². The first-order chi connectivity index (χ1) is 14.6. The molecule has 1 aliphatic rings.